The van der Waals surface area contributed by atoms with E-state index in [1.54, 1.807) is 0 Å². The second kappa shape index (κ2) is 4.17. The van der Waals surface area contributed by atoms with Crippen molar-refractivity contribution in [3.8, 4) is 0 Å². The van der Waals surface area contributed by atoms with Crippen LogP contribution in [0.15, 0.2) is 12.1 Å². The van der Waals surface area contributed by atoms with Gasteiger partial charge in [0.2, 0.25) is 0 Å². The monoisotopic (exact) mass is 240 g/mol. The lowest BCUT2D eigenvalue weighted by atomic mass is 10.0. The van der Waals surface area contributed by atoms with Crippen molar-refractivity contribution in [2.75, 3.05) is 23.7 Å². The summed E-state index contributed by atoms with van der Waals surface area (Å²) in [5, 5.41) is 0. The van der Waals surface area contributed by atoms with Crippen molar-refractivity contribution in [3.63, 3.8) is 0 Å². The van der Waals surface area contributed by atoms with Crippen LogP contribution in [0.25, 0.3) is 0 Å². The van der Waals surface area contributed by atoms with Gasteiger partial charge in [-0.1, -0.05) is 0 Å². The number of nitrogens with zero attached hydrogens (tertiary/aromatic N) is 1. The van der Waals surface area contributed by atoms with Crippen molar-refractivity contribution >= 4 is 11.4 Å². The summed E-state index contributed by atoms with van der Waals surface area (Å²) in [4.78, 5) is 2.04. The Labute approximate surface area is 100 Å². The van der Waals surface area contributed by atoms with Gasteiger partial charge in [-0.2, -0.15) is 0 Å². The number of piperidine rings is 1. The highest BCUT2D eigenvalue weighted by Gasteiger charge is 2.34. The van der Waals surface area contributed by atoms with Gasteiger partial charge in [0, 0.05) is 37.3 Å². The van der Waals surface area contributed by atoms with E-state index in [0.717, 1.165) is 22.5 Å². The summed E-state index contributed by atoms with van der Waals surface area (Å²) < 4.78 is 26.2. The minimum atomic E-state index is -2.49. The summed E-state index contributed by atoms with van der Waals surface area (Å²) in [7, 11) is 0. The van der Waals surface area contributed by atoms with Crippen LogP contribution in [0, 0.1) is 13.8 Å². The molecule has 1 fully saturated rings. The van der Waals surface area contributed by atoms with Crippen LogP contribution in [0.5, 0.6) is 0 Å². The molecule has 1 aliphatic heterocycles. The molecule has 0 bridgehead atoms. The average Bonchev–Trinajstić information content (AvgIpc) is 2.19. The minimum Gasteiger partial charge on any atom is -0.399 e. The summed E-state index contributed by atoms with van der Waals surface area (Å²) in [6.07, 6.45) is -0.119. The third-order valence-corrected chi connectivity index (χ3v) is 3.32. The number of anilines is 2. The lowest BCUT2D eigenvalue weighted by molar-refractivity contribution is -0.0220. The van der Waals surface area contributed by atoms with E-state index in [4.69, 9.17) is 5.73 Å². The van der Waals surface area contributed by atoms with Gasteiger partial charge in [0.15, 0.2) is 0 Å². The maximum atomic E-state index is 13.1. The smallest absolute Gasteiger partial charge is 0.251 e. The molecule has 17 heavy (non-hydrogen) atoms. The van der Waals surface area contributed by atoms with Crippen molar-refractivity contribution in [2.24, 2.45) is 0 Å². The topological polar surface area (TPSA) is 29.3 Å². The second-order valence-corrected chi connectivity index (χ2v) is 4.85. The standard InChI is InChI=1S/C13H18F2N2/c1-9-7-11(16)8-10(2)12(9)17-5-3-13(14,15)4-6-17/h7-8H,3-6,16H2,1-2H3. The number of nitrogens with two attached hydrogens (primary N) is 1. The molecule has 1 heterocycles. The van der Waals surface area contributed by atoms with Crippen molar-refractivity contribution in [3.05, 3.63) is 23.3 Å². The molecule has 0 radical (unpaired) electrons. The Balaban J connectivity index is 2.24. The Morgan fingerprint density at radius 3 is 2.06 bits per heavy atom. The molecule has 1 aliphatic rings. The molecule has 4 heteroatoms. The molecular formula is C13H18F2N2. The highest BCUT2D eigenvalue weighted by atomic mass is 19.3. The summed E-state index contributed by atoms with van der Waals surface area (Å²) in [5.41, 5.74) is 9.68. The SMILES string of the molecule is Cc1cc(N)cc(C)c1N1CCC(F)(F)CC1. The molecule has 2 N–H and O–H groups in total. The molecule has 2 nitrogen and oxygen atoms in total. The molecule has 1 aromatic rings. The van der Waals surface area contributed by atoms with Crippen molar-refractivity contribution < 1.29 is 8.78 Å². The van der Waals surface area contributed by atoms with Crippen LogP contribution >= 0.6 is 0 Å². The fraction of sp³-hybridized carbons (Fsp3) is 0.538. The third-order valence-electron chi connectivity index (χ3n) is 3.32. The van der Waals surface area contributed by atoms with E-state index < -0.39 is 5.92 Å². The largest absolute Gasteiger partial charge is 0.399 e. The molecule has 0 atom stereocenters. The van der Waals surface area contributed by atoms with Crippen molar-refractivity contribution in [1.29, 1.82) is 0 Å². The number of hydrogen-bond acceptors (Lipinski definition) is 2. The average molecular weight is 240 g/mol. The first-order valence-corrected chi connectivity index (χ1v) is 5.88. The number of halogens is 2. The van der Waals surface area contributed by atoms with Crippen LogP contribution in [0.1, 0.15) is 24.0 Å². The zero-order valence-electron chi connectivity index (χ0n) is 10.3. The van der Waals surface area contributed by atoms with Crippen LogP contribution in [0.4, 0.5) is 20.2 Å². The fourth-order valence-corrected chi connectivity index (χ4v) is 2.55. The zero-order chi connectivity index (χ0) is 12.6. The normalized spacial score (nSPS) is 19.4. The number of rotatable bonds is 1. The van der Waals surface area contributed by atoms with Crippen LogP contribution in [-0.4, -0.2) is 19.0 Å². The van der Waals surface area contributed by atoms with Gasteiger partial charge >= 0.3 is 0 Å². The summed E-state index contributed by atoms with van der Waals surface area (Å²) >= 11 is 0. The molecule has 1 saturated heterocycles. The molecule has 0 aromatic heterocycles. The molecule has 0 unspecified atom stereocenters. The minimum absolute atomic E-state index is 0.0593. The molecule has 94 valence electrons. The first-order chi connectivity index (χ1) is 7.89. The van der Waals surface area contributed by atoms with Gasteiger partial charge in [-0.05, 0) is 37.1 Å². The second-order valence-electron chi connectivity index (χ2n) is 4.85. The van der Waals surface area contributed by atoms with Gasteiger partial charge in [0.25, 0.3) is 5.92 Å². The number of alkyl halides is 2. The Morgan fingerprint density at radius 2 is 1.59 bits per heavy atom. The maximum absolute atomic E-state index is 13.1. The third kappa shape index (κ3) is 2.51. The van der Waals surface area contributed by atoms with E-state index in [2.05, 4.69) is 0 Å². The summed E-state index contributed by atoms with van der Waals surface area (Å²) in [6, 6.07) is 3.80. The van der Waals surface area contributed by atoms with E-state index in [1.165, 1.54) is 0 Å². The highest BCUT2D eigenvalue weighted by molar-refractivity contribution is 5.64. The molecule has 0 aliphatic carbocycles. The molecule has 0 saturated carbocycles. The lowest BCUT2D eigenvalue weighted by Crippen LogP contribution is -2.40. The van der Waals surface area contributed by atoms with Gasteiger partial charge < -0.3 is 10.6 Å². The molecule has 0 amide bonds. The summed E-state index contributed by atoms with van der Waals surface area (Å²) in [5.74, 6) is -2.49. The van der Waals surface area contributed by atoms with Gasteiger partial charge in [0.05, 0.1) is 0 Å². The van der Waals surface area contributed by atoms with Crippen LogP contribution in [-0.2, 0) is 0 Å². The van der Waals surface area contributed by atoms with Gasteiger partial charge in [-0.3, -0.25) is 0 Å². The van der Waals surface area contributed by atoms with E-state index in [0.29, 0.717) is 13.1 Å². The van der Waals surface area contributed by atoms with E-state index in [1.807, 2.05) is 30.9 Å². The van der Waals surface area contributed by atoms with Crippen LogP contribution < -0.4 is 10.6 Å². The quantitative estimate of drug-likeness (QED) is 0.764. The number of nitrogen functional groups attached to an aromatic ring is 1. The van der Waals surface area contributed by atoms with Gasteiger partial charge in [-0.15, -0.1) is 0 Å². The molecule has 2 rings (SSSR count). The Hall–Kier alpha value is -1.32. The first-order valence-electron chi connectivity index (χ1n) is 5.88. The maximum Gasteiger partial charge on any atom is 0.251 e. The Kier molecular flexibility index (Phi) is 2.98. The Morgan fingerprint density at radius 1 is 1.12 bits per heavy atom. The van der Waals surface area contributed by atoms with Crippen molar-refractivity contribution in [1.82, 2.24) is 0 Å². The predicted octanol–water partition coefficient (Wildman–Crippen LogP) is 3.12. The van der Waals surface area contributed by atoms with Crippen LogP contribution in [0.3, 0.4) is 0 Å². The van der Waals surface area contributed by atoms with E-state index in [-0.39, 0.29) is 12.8 Å². The van der Waals surface area contributed by atoms with Gasteiger partial charge in [-0.25, -0.2) is 8.78 Å². The van der Waals surface area contributed by atoms with Crippen LogP contribution in [0.2, 0.25) is 0 Å². The fourth-order valence-electron chi connectivity index (χ4n) is 2.55. The Bertz CT molecular complexity index is 396. The summed E-state index contributed by atoms with van der Waals surface area (Å²) in [6.45, 7) is 4.79. The molecule has 1 aromatic carbocycles. The lowest BCUT2D eigenvalue weighted by Gasteiger charge is -2.35. The highest BCUT2D eigenvalue weighted by Crippen LogP contribution is 2.34. The van der Waals surface area contributed by atoms with Gasteiger partial charge in [0.1, 0.15) is 0 Å². The molecule has 0 spiro atoms. The number of benzene rings is 1. The number of aryl methyl sites for hydroxylation is 2. The first kappa shape index (κ1) is 12.1. The van der Waals surface area contributed by atoms with E-state index >= 15 is 0 Å². The molecular weight excluding hydrogens is 222 g/mol. The zero-order valence-corrected chi connectivity index (χ0v) is 10.3. The predicted molar refractivity (Wildman–Crippen MR) is 66.7 cm³/mol. The van der Waals surface area contributed by atoms with E-state index in [9.17, 15) is 8.78 Å². The van der Waals surface area contributed by atoms with Crippen molar-refractivity contribution in [2.45, 2.75) is 32.6 Å². The number of hydrogen-bond donors (Lipinski definition) is 1.